The molecule has 5 aliphatic rings. The van der Waals surface area contributed by atoms with Crippen LogP contribution in [0, 0.1) is 0 Å². The molecule has 0 radical (unpaired) electrons. The van der Waals surface area contributed by atoms with Crippen LogP contribution < -0.4 is 34.3 Å². The zero-order valence-electron chi connectivity index (χ0n) is 26.1. The first-order valence-electron chi connectivity index (χ1n) is 15.4. The summed E-state index contributed by atoms with van der Waals surface area (Å²) in [5.74, 6) is -1.99. The summed E-state index contributed by atoms with van der Waals surface area (Å²) in [6, 6.07) is 9.17. The van der Waals surface area contributed by atoms with E-state index >= 15 is 0 Å². The Kier molecular flexibility index (Phi) is 6.78. The van der Waals surface area contributed by atoms with Gasteiger partial charge in [0.25, 0.3) is 5.79 Å². The van der Waals surface area contributed by atoms with E-state index in [1.165, 1.54) is 12.1 Å². The van der Waals surface area contributed by atoms with Gasteiger partial charge in [-0.3, -0.25) is 0 Å². The second-order valence-electron chi connectivity index (χ2n) is 12.5. The number of ether oxygens (including phenoxy) is 6. The number of benzene rings is 3. The van der Waals surface area contributed by atoms with E-state index in [1.54, 1.807) is 38.5 Å². The summed E-state index contributed by atoms with van der Waals surface area (Å²) in [5, 5.41) is 59.9. The molecule has 0 aliphatic carbocycles. The molecule has 1 spiro atoms. The van der Waals surface area contributed by atoms with Gasteiger partial charge in [0.2, 0.25) is 11.4 Å². The van der Waals surface area contributed by atoms with Crippen LogP contribution in [0.3, 0.4) is 0 Å². The molecule has 0 saturated carbocycles. The summed E-state index contributed by atoms with van der Waals surface area (Å²) in [6.07, 6.45) is -3.77. The van der Waals surface area contributed by atoms with E-state index in [2.05, 4.69) is 10.6 Å². The van der Waals surface area contributed by atoms with E-state index in [0.29, 0.717) is 51.9 Å². The van der Waals surface area contributed by atoms with Crippen molar-refractivity contribution in [2.45, 2.75) is 54.3 Å². The summed E-state index contributed by atoms with van der Waals surface area (Å²) in [7, 11) is 4.96. The summed E-state index contributed by atoms with van der Waals surface area (Å²) >= 11 is 0. The number of nitrogens with one attached hydrogen (secondary N) is 2. The number of aliphatic carboxylic acids is 1. The number of hydrogen-bond donors (Lipinski definition) is 7. The Balaban J connectivity index is 1.32. The van der Waals surface area contributed by atoms with Gasteiger partial charge in [-0.2, -0.15) is 0 Å². The van der Waals surface area contributed by atoms with Crippen molar-refractivity contribution in [1.29, 1.82) is 0 Å². The number of aliphatic hydroxyl groups is 3. The fraction of sp³-hybridized carbons (Fsp3) is 0.382. The fourth-order valence-electron chi connectivity index (χ4n) is 7.73. The first-order chi connectivity index (χ1) is 23.1. The van der Waals surface area contributed by atoms with E-state index in [9.17, 15) is 30.3 Å². The molecule has 14 nitrogen and oxygen atoms in total. The van der Waals surface area contributed by atoms with E-state index in [1.807, 2.05) is 13.1 Å². The second-order valence-corrected chi connectivity index (χ2v) is 12.5. The smallest absolute Gasteiger partial charge is 0.343 e. The minimum absolute atomic E-state index is 0.00935. The lowest BCUT2D eigenvalue weighted by molar-refractivity contribution is -0.356. The predicted molar refractivity (Wildman–Crippen MR) is 167 cm³/mol. The van der Waals surface area contributed by atoms with Crippen molar-refractivity contribution >= 4 is 11.7 Å². The van der Waals surface area contributed by atoms with Crippen LogP contribution in [0.25, 0.3) is 11.1 Å². The van der Waals surface area contributed by atoms with Crippen LogP contribution in [0.1, 0.15) is 28.7 Å². The first-order valence-corrected chi connectivity index (χ1v) is 15.4. The maximum absolute atomic E-state index is 12.4. The van der Waals surface area contributed by atoms with Crippen molar-refractivity contribution in [2.24, 2.45) is 0 Å². The number of anilines is 1. The third kappa shape index (κ3) is 3.94. The van der Waals surface area contributed by atoms with Crippen LogP contribution in [-0.2, 0) is 16.1 Å². The first kappa shape index (κ1) is 30.6. The normalized spacial score (nSPS) is 31.7. The molecule has 3 aromatic carbocycles. The Labute approximate surface area is 274 Å². The summed E-state index contributed by atoms with van der Waals surface area (Å²) in [6.45, 7) is 0.726. The van der Waals surface area contributed by atoms with Crippen LogP contribution in [0.15, 0.2) is 48.6 Å². The number of phenols is 1. The number of carboxylic acids is 1. The van der Waals surface area contributed by atoms with Crippen LogP contribution in [-0.4, -0.2) is 95.1 Å². The van der Waals surface area contributed by atoms with Crippen LogP contribution in [0.2, 0.25) is 0 Å². The molecule has 1 fully saturated rings. The summed E-state index contributed by atoms with van der Waals surface area (Å²) < 4.78 is 37.1. The summed E-state index contributed by atoms with van der Waals surface area (Å²) in [4.78, 5) is 12.4. The van der Waals surface area contributed by atoms with E-state index in [-0.39, 0.29) is 24.0 Å². The molecule has 0 aromatic heterocycles. The monoisotopic (exact) mass is 662 g/mol. The van der Waals surface area contributed by atoms with Crippen LogP contribution >= 0.6 is 0 Å². The van der Waals surface area contributed by atoms with Crippen molar-refractivity contribution in [1.82, 2.24) is 5.32 Å². The van der Waals surface area contributed by atoms with Crippen LogP contribution in [0.5, 0.6) is 34.5 Å². The number of hydrogen-bond acceptors (Lipinski definition) is 13. The fourth-order valence-corrected chi connectivity index (χ4v) is 7.73. The molecular formula is C34H34N2O12. The Hall–Kier alpha value is -4.73. The maximum Gasteiger partial charge on any atom is 0.343 e. The van der Waals surface area contributed by atoms with Gasteiger partial charge in [-0.25, -0.2) is 4.79 Å². The number of phenolic OH excluding ortho intramolecular Hbond substituents is 1. The minimum Gasteiger partial charge on any atom is -0.508 e. The largest absolute Gasteiger partial charge is 0.508 e. The van der Waals surface area contributed by atoms with Crippen molar-refractivity contribution in [2.75, 3.05) is 33.2 Å². The van der Waals surface area contributed by atoms with Gasteiger partial charge >= 0.3 is 5.97 Å². The molecule has 5 aliphatic heterocycles. The topological polar surface area (TPSA) is 198 Å². The molecule has 8 unspecified atom stereocenters. The Morgan fingerprint density at radius 1 is 1.08 bits per heavy atom. The van der Waals surface area contributed by atoms with E-state index in [4.69, 9.17) is 28.4 Å². The zero-order valence-corrected chi connectivity index (χ0v) is 26.1. The molecule has 0 amide bonds. The number of aromatic hydroxyl groups is 1. The molecule has 14 heteroatoms. The highest BCUT2D eigenvalue weighted by Crippen LogP contribution is 2.62. The average Bonchev–Trinajstić information content (AvgIpc) is 3.48. The number of methoxy groups -OCH3 is 2. The standard InChI is InChI=1S/C34H34N2O12/c1-35-12-15-10-20(43-2)27(44-3)29-22(15)18-13-45-28-23(26(18)46-29)17(14-5-4-6-16(37)9-14)11-19-24(28)36-21-7-8-33(32(41)42)30(39)25(38)31(40)34(21,47-19)48-33/h4-11,18,21,25-26,30-31,35-40H,12-13H2,1-3H3,(H,41,42). The third-order valence-corrected chi connectivity index (χ3v) is 9.93. The molecule has 5 heterocycles. The maximum atomic E-state index is 12.4. The molecule has 8 atom stereocenters. The molecule has 3 aromatic rings. The second kappa shape index (κ2) is 10.6. The van der Waals surface area contributed by atoms with Gasteiger partial charge in [-0.05, 0) is 54.1 Å². The van der Waals surface area contributed by atoms with Gasteiger partial charge in [0.1, 0.15) is 35.8 Å². The Morgan fingerprint density at radius 2 is 1.90 bits per heavy atom. The van der Waals surface area contributed by atoms with E-state index in [0.717, 1.165) is 17.2 Å². The van der Waals surface area contributed by atoms with Crippen molar-refractivity contribution in [3.05, 3.63) is 65.2 Å². The van der Waals surface area contributed by atoms with Gasteiger partial charge in [0.15, 0.2) is 29.1 Å². The number of rotatable bonds is 6. The number of fused-ring (bicyclic) bond motifs is 8. The highest BCUT2D eigenvalue weighted by atomic mass is 16.7. The lowest BCUT2D eigenvalue weighted by Gasteiger charge is -2.57. The van der Waals surface area contributed by atoms with Crippen molar-refractivity contribution in [3.8, 4) is 45.6 Å². The number of carboxylic acid groups (broad SMARTS) is 1. The minimum atomic E-state index is -2.38. The van der Waals surface area contributed by atoms with E-state index < -0.39 is 47.8 Å². The Morgan fingerprint density at radius 3 is 2.60 bits per heavy atom. The van der Waals surface area contributed by atoms with Gasteiger partial charge in [0, 0.05) is 17.7 Å². The SMILES string of the molecule is CNCc1cc(OC)c(OC)c2c1C1COc3c4c(cc(-c5cccc(O)c5)c3C1O2)OC12OC(C(=O)O)(C=CC1N4)C(O)C(O)C2O. The van der Waals surface area contributed by atoms with Gasteiger partial charge in [-0.1, -0.05) is 18.2 Å². The zero-order chi connectivity index (χ0) is 33.7. The predicted octanol–water partition coefficient (Wildman–Crippen LogP) is 1.78. The lowest BCUT2D eigenvalue weighted by Crippen LogP contribution is -2.79. The van der Waals surface area contributed by atoms with Crippen LogP contribution in [0.4, 0.5) is 5.69 Å². The molecule has 8 rings (SSSR count). The van der Waals surface area contributed by atoms with Crippen molar-refractivity contribution in [3.63, 3.8) is 0 Å². The molecule has 7 N–H and O–H groups in total. The highest BCUT2D eigenvalue weighted by molar-refractivity contribution is 5.85. The summed E-state index contributed by atoms with van der Waals surface area (Å²) in [5.41, 5.74) is 1.65. The number of carbonyl (C=O) groups is 1. The van der Waals surface area contributed by atoms with Gasteiger partial charge < -0.3 is 64.6 Å². The number of aliphatic hydroxyl groups excluding tert-OH is 3. The van der Waals surface area contributed by atoms with Gasteiger partial charge in [0.05, 0.1) is 26.7 Å². The highest BCUT2D eigenvalue weighted by Gasteiger charge is 2.70. The molecule has 48 heavy (non-hydrogen) atoms. The molecular weight excluding hydrogens is 628 g/mol. The van der Waals surface area contributed by atoms with Crippen molar-refractivity contribution < 1.29 is 58.7 Å². The molecule has 252 valence electrons. The lowest BCUT2D eigenvalue weighted by atomic mass is 9.76. The molecule has 2 bridgehead atoms. The molecule has 1 saturated heterocycles. The van der Waals surface area contributed by atoms with Gasteiger partial charge in [-0.15, -0.1) is 0 Å². The average molecular weight is 663 g/mol. The third-order valence-electron chi connectivity index (χ3n) is 9.93. The quantitative estimate of drug-likeness (QED) is 0.189. The Bertz CT molecular complexity index is 1880.